The average molecular weight is 389 g/mol. The Morgan fingerprint density at radius 1 is 0.828 bits per heavy atom. The smallest absolute Gasteiger partial charge is 0.246 e. The lowest BCUT2D eigenvalue weighted by Gasteiger charge is -2.28. The monoisotopic (exact) mass is 389 g/mol. The molecule has 0 unspecified atom stereocenters. The molecule has 0 spiro atoms. The summed E-state index contributed by atoms with van der Waals surface area (Å²) in [7, 11) is 0. The van der Waals surface area contributed by atoms with Gasteiger partial charge >= 0.3 is 0 Å². The summed E-state index contributed by atoms with van der Waals surface area (Å²) in [6, 6.07) is 16.1. The zero-order valence-electron chi connectivity index (χ0n) is 15.9. The Balaban J connectivity index is 1.85. The predicted molar refractivity (Wildman–Crippen MR) is 109 cm³/mol. The number of anilines is 3. The van der Waals surface area contributed by atoms with E-state index >= 15 is 0 Å². The molecule has 0 bridgehead atoms. The molecule has 0 fully saturated rings. The fourth-order valence-corrected chi connectivity index (χ4v) is 3.77. The zero-order valence-corrected chi connectivity index (χ0v) is 15.9. The van der Waals surface area contributed by atoms with E-state index in [9.17, 15) is 14.4 Å². The molecule has 0 saturated carbocycles. The van der Waals surface area contributed by atoms with Gasteiger partial charge in [0.15, 0.2) is 0 Å². The zero-order chi connectivity index (χ0) is 20.6. The van der Waals surface area contributed by atoms with Crippen molar-refractivity contribution in [3.8, 4) is 0 Å². The maximum Gasteiger partial charge on any atom is 0.246 e. The van der Waals surface area contributed by atoms with Crippen molar-refractivity contribution in [3.05, 3.63) is 77.6 Å². The topological polar surface area (TPSA) is 100 Å². The van der Waals surface area contributed by atoms with E-state index in [0.717, 1.165) is 11.1 Å². The van der Waals surface area contributed by atoms with Gasteiger partial charge in [-0.25, -0.2) is 0 Å². The lowest BCUT2D eigenvalue weighted by molar-refractivity contribution is -0.118. The van der Waals surface area contributed by atoms with Crippen LogP contribution in [0.2, 0.25) is 0 Å². The SMILES string of the molecule is CC(=O)Nc1ccc(C2(c3ccc(NC(C)=O)cc3)C(=O)Nc3occc32)cc1. The van der Waals surface area contributed by atoms with Gasteiger partial charge in [-0.05, 0) is 41.5 Å². The highest BCUT2D eigenvalue weighted by Crippen LogP contribution is 2.48. The summed E-state index contributed by atoms with van der Waals surface area (Å²) in [4.78, 5) is 35.9. The van der Waals surface area contributed by atoms with Crippen LogP contribution in [0.1, 0.15) is 30.5 Å². The van der Waals surface area contributed by atoms with Crippen LogP contribution in [0.5, 0.6) is 0 Å². The Morgan fingerprint density at radius 3 is 1.76 bits per heavy atom. The second kappa shape index (κ2) is 6.94. The molecule has 3 aromatic rings. The minimum Gasteiger partial charge on any atom is -0.448 e. The van der Waals surface area contributed by atoms with Crippen LogP contribution in [0.15, 0.2) is 65.3 Å². The summed E-state index contributed by atoms with van der Waals surface area (Å²) < 4.78 is 5.45. The fraction of sp³-hybridized carbons (Fsp3) is 0.136. The summed E-state index contributed by atoms with van der Waals surface area (Å²) in [6.07, 6.45) is 1.54. The molecule has 146 valence electrons. The van der Waals surface area contributed by atoms with Crippen molar-refractivity contribution in [2.45, 2.75) is 19.3 Å². The molecule has 1 aromatic heterocycles. The lowest BCUT2D eigenvalue weighted by Crippen LogP contribution is -2.37. The summed E-state index contributed by atoms with van der Waals surface area (Å²) in [5.74, 6) is -0.160. The number of nitrogens with one attached hydrogen (secondary N) is 3. The summed E-state index contributed by atoms with van der Waals surface area (Å²) >= 11 is 0. The maximum absolute atomic E-state index is 13.2. The molecular weight excluding hydrogens is 370 g/mol. The molecule has 1 aliphatic heterocycles. The number of rotatable bonds is 4. The number of carbonyl (C=O) groups excluding carboxylic acids is 3. The minimum atomic E-state index is -1.11. The molecular formula is C22H19N3O4. The summed E-state index contributed by atoms with van der Waals surface area (Å²) in [5, 5.41) is 8.27. The first-order valence-corrected chi connectivity index (χ1v) is 9.07. The normalized spacial score (nSPS) is 14.1. The third-order valence-electron chi connectivity index (χ3n) is 4.91. The van der Waals surface area contributed by atoms with Gasteiger partial charge in [0.25, 0.3) is 0 Å². The molecule has 0 aliphatic carbocycles. The number of furan rings is 1. The Kier molecular flexibility index (Phi) is 4.43. The van der Waals surface area contributed by atoms with E-state index in [0.29, 0.717) is 22.8 Å². The van der Waals surface area contributed by atoms with Crippen LogP contribution in [-0.4, -0.2) is 17.7 Å². The first-order chi connectivity index (χ1) is 13.9. The second-order valence-corrected chi connectivity index (χ2v) is 6.88. The van der Waals surface area contributed by atoms with Gasteiger partial charge in [-0.2, -0.15) is 0 Å². The highest BCUT2D eigenvalue weighted by atomic mass is 16.3. The van der Waals surface area contributed by atoms with E-state index in [2.05, 4.69) is 16.0 Å². The molecule has 3 amide bonds. The molecule has 7 heteroatoms. The van der Waals surface area contributed by atoms with Crippen molar-refractivity contribution < 1.29 is 18.8 Å². The van der Waals surface area contributed by atoms with Gasteiger partial charge in [-0.3, -0.25) is 19.7 Å². The molecule has 0 atom stereocenters. The highest BCUT2D eigenvalue weighted by Gasteiger charge is 2.51. The van der Waals surface area contributed by atoms with E-state index < -0.39 is 5.41 Å². The Hall–Kier alpha value is -3.87. The molecule has 3 N–H and O–H groups in total. The Bertz CT molecular complexity index is 1040. The van der Waals surface area contributed by atoms with E-state index in [1.54, 1.807) is 30.3 Å². The van der Waals surface area contributed by atoms with E-state index in [1.165, 1.54) is 20.1 Å². The van der Waals surface area contributed by atoms with Gasteiger partial charge in [0, 0.05) is 30.8 Å². The molecule has 2 heterocycles. The largest absolute Gasteiger partial charge is 0.448 e. The molecule has 2 aromatic carbocycles. The van der Waals surface area contributed by atoms with Crippen molar-refractivity contribution in [2.24, 2.45) is 0 Å². The molecule has 29 heavy (non-hydrogen) atoms. The lowest BCUT2D eigenvalue weighted by atomic mass is 9.71. The quantitative estimate of drug-likeness (QED) is 0.636. The number of carbonyl (C=O) groups is 3. The third-order valence-corrected chi connectivity index (χ3v) is 4.91. The van der Waals surface area contributed by atoms with E-state index in [1.807, 2.05) is 24.3 Å². The van der Waals surface area contributed by atoms with Gasteiger partial charge in [-0.15, -0.1) is 0 Å². The van der Waals surface area contributed by atoms with E-state index in [4.69, 9.17) is 4.42 Å². The van der Waals surface area contributed by atoms with Crippen molar-refractivity contribution in [1.82, 2.24) is 0 Å². The van der Waals surface area contributed by atoms with E-state index in [-0.39, 0.29) is 17.7 Å². The van der Waals surface area contributed by atoms with Crippen molar-refractivity contribution >= 4 is 35.0 Å². The van der Waals surface area contributed by atoms with Crippen LogP contribution < -0.4 is 16.0 Å². The number of hydrogen-bond donors (Lipinski definition) is 3. The van der Waals surface area contributed by atoms with Crippen LogP contribution >= 0.6 is 0 Å². The number of fused-ring (bicyclic) bond motifs is 1. The number of amides is 3. The molecule has 4 rings (SSSR count). The molecule has 0 saturated heterocycles. The average Bonchev–Trinajstić information content (AvgIpc) is 3.22. The van der Waals surface area contributed by atoms with Crippen LogP contribution in [0.25, 0.3) is 0 Å². The van der Waals surface area contributed by atoms with Gasteiger partial charge in [0.1, 0.15) is 5.41 Å². The van der Waals surface area contributed by atoms with Gasteiger partial charge in [-0.1, -0.05) is 24.3 Å². The Morgan fingerprint density at radius 2 is 1.31 bits per heavy atom. The molecule has 7 nitrogen and oxygen atoms in total. The minimum absolute atomic E-state index is 0.170. The highest BCUT2D eigenvalue weighted by molar-refractivity contribution is 6.10. The van der Waals surface area contributed by atoms with Gasteiger partial charge in [0.2, 0.25) is 23.6 Å². The third kappa shape index (κ3) is 3.06. The van der Waals surface area contributed by atoms with Gasteiger partial charge in [0.05, 0.1) is 6.26 Å². The second-order valence-electron chi connectivity index (χ2n) is 6.88. The maximum atomic E-state index is 13.2. The Labute approximate surface area is 167 Å². The predicted octanol–water partition coefficient (Wildman–Crippen LogP) is 3.48. The van der Waals surface area contributed by atoms with Crippen LogP contribution in [0.4, 0.5) is 17.3 Å². The molecule has 1 aliphatic rings. The van der Waals surface area contributed by atoms with Crippen molar-refractivity contribution in [1.29, 1.82) is 0 Å². The van der Waals surface area contributed by atoms with Crippen molar-refractivity contribution in [3.63, 3.8) is 0 Å². The van der Waals surface area contributed by atoms with Crippen molar-refractivity contribution in [2.75, 3.05) is 16.0 Å². The first-order valence-electron chi connectivity index (χ1n) is 9.07. The standard InChI is InChI=1S/C22H19N3O4/c1-13(26)23-17-7-3-15(4-8-17)22(19-11-12-29-20(19)25-21(22)28)16-5-9-18(10-6-16)24-14(2)27/h3-12H,1-2H3,(H,23,26)(H,24,27)(H,25,28). The number of hydrogen-bond acceptors (Lipinski definition) is 4. The summed E-state index contributed by atoms with van der Waals surface area (Å²) in [5.41, 5.74) is 2.35. The van der Waals surface area contributed by atoms with Crippen LogP contribution in [0.3, 0.4) is 0 Å². The molecule has 0 radical (unpaired) electrons. The van der Waals surface area contributed by atoms with Crippen LogP contribution in [-0.2, 0) is 19.8 Å². The summed E-state index contributed by atoms with van der Waals surface area (Å²) in [6.45, 7) is 2.88. The van der Waals surface area contributed by atoms with Crippen LogP contribution in [0, 0.1) is 0 Å². The first kappa shape index (κ1) is 18.5. The number of benzene rings is 2. The fourth-order valence-electron chi connectivity index (χ4n) is 3.77. The van der Waals surface area contributed by atoms with Gasteiger partial charge < -0.3 is 15.1 Å².